The van der Waals surface area contributed by atoms with E-state index in [4.69, 9.17) is 9.47 Å². The number of rotatable bonds is 3. The lowest BCUT2D eigenvalue weighted by Crippen LogP contribution is -2.39. The zero-order valence-electron chi connectivity index (χ0n) is 14.1. The Hall–Kier alpha value is -1.62. The predicted molar refractivity (Wildman–Crippen MR) is 84.6 cm³/mol. The Kier molecular flexibility index (Phi) is 5.06. The normalized spacial score (nSPS) is 22.0. The van der Waals surface area contributed by atoms with Crippen molar-refractivity contribution in [3.63, 3.8) is 0 Å². The lowest BCUT2D eigenvalue weighted by atomic mass is 10.2. The van der Waals surface area contributed by atoms with Crippen LogP contribution in [0, 0.1) is 6.92 Å². The molecule has 122 valence electrons. The van der Waals surface area contributed by atoms with Gasteiger partial charge < -0.3 is 14.4 Å². The Morgan fingerprint density at radius 2 is 2.14 bits per heavy atom. The van der Waals surface area contributed by atoms with Gasteiger partial charge in [0.15, 0.2) is 0 Å². The Bertz CT molecular complexity index is 508. The maximum Gasteiger partial charge on any atom is 0.410 e. The molecule has 0 spiro atoms. The third-order valence-corrected chi connectivity index (χ3v) is 3.62. The van der Waals surface area contributed by atoms with Gasteiger partial charge in [-0.15, -0.1) is 0 Å². The largest absolute Gasteiger partial charge is 0.444 e. The summed E-state index contributed by atoms with van der Waals surface area (Å²) in [4.78, 5) is 18.2. The quantitative estimate of drug-likeness (QED) is 0.859. The lowest BCUT2D eigenvalue weighted by molar-refractivity contribution is 0.0156. The monoisotopic (exact) mass is 306 g/mol. The standard InChI is InChI=1S/C17H26N2O3/c1-12-6-7-14(9-18-12)11-21-15-8-13(2)19(10-15)16(20)22-17(3,4)5/h6-7,9,13,15H,8,10-11H2,1-5H3/t13-,15+/m0/s1. The van der Waals surface area contributed by atoms with Gasteiger partial charge in [0.2, 0.25) is 0 Å². The van der Waals surface area contributed by atoms with Crippen molar-refractivity contribution in [2.75, 3.05) is 6.54 Å². The molecule has 2 rings (SSSR count). The van der Waals surface area contributed by atoms with Crippen molar-refractivity contribution in [1.82, 2.24) is 9.88 Å². The van der Waals surface area contributed by atoms with Crippen molar-refractivity contribution in [3.05, 3.63) is 29.6 Å². The lowest BCUT2D eigenvalue weighted by Gasteiger charge is -2.26. The summed E-state index contributed by atoms with van der Waals surface area (Å²) in [5.74, 6) is 0. The minimum absolute atomic E-state index is 0.0452. The highest BCUT2D eigenvalue weighted by Gasteiger charge is 2.35. The average molecular weight is 306 g/mol. The smallest absolute Gasteiger partial charge is 0.410 e. The van der Waals surface area contributed by atoms with E-state index >= 15 is 0 Å². The summed E-state index contributed by atoms with van der Waals surface area (Å²) in [7, 11) is 0. The van der Waals surface area contributed by atoms with E-state index in [0.717, 1.165) is 17.7 Å². The zero-order valence-corrected chi connectivity index (χ0v) is 14.1. The molecule has 0 bridgehead atoms. The van der Waals surface area contributed by atoms with Gasteiger partial charge in [0, 0.05) is 17.9 Å². The summed E-state index contributed by atoms with van der Waals surface area (Å²) in [6.07, 6.45) is 2.45. The fraction of sp³-hybridized carbons (Fsp3) is 0.647. The van der Waals surface area contributed by atoms with Crippen LogP contribution in [-0.2, 0) is 16.1 Å². The molecule has 0 radical (unpaired) electrons. The predicted octanol–water partition coefficient (Wildman–Crippen LogP) is 3.30. The molecule has 5 nitrogen and oxygen atoms in total. The van der Waals surface area contributed by atoms with Gasteiger partial charge >= 0.3 is 6.09 Å². The Balaban J connectivity index is 1.85. The van der Waals surface area contributed by atoms with Crippen LogP contribution in [0.3, 0.4) is 0 Å². The molecule has 1 saturated heterocycles. The summed E-state index contributed by atoms with van der Waals surface area (Å²) < 4.78 is 11.4. The fourth-order valence-corrected chi connectivity index (χ4v) is 2.48. The molecule has 5 heteroatoms. The van der Waals surface area contributed by atoms with Crippen molar-refractivity contribution >= 4 is 6.09 Å². The van der Waals surface area contributed by atoms with E-state index in [1.807, 2.05) is 52.9 Å². The zero-order chi connectivity index (χ0) is 16.3. The van der Waals surface area contributed by atoms with Crippen molar-refractivity contribution in [2.45, 2.75) is 65.4 Å². The number of aryl methyl sites for hydroxylation is 1. The van der Waals surface area contributed by atoms with Gasteiger partial charge in [0.25, 0.3) is 0 Å². The first-order valence-corrected chi connectivity index (χ1v) is 7.77. The summed E-state index contributed by atoms with van der Waals surface area (Å²) in [6.45, 7) is 10.7. The third kappa shape index (κ3) is 4.70. The molecule has 0 unspecified atom stereocenters. The van der Waals surface area contributed by atoms with Crippen LogP contribution in [0.4, 0.5) is 4.79 Å². The first kappa shape index (κ1) is 16.7. The number of carbonyl (C=O) groups excluding carboxylic acids is 1. The number of hydrogen-bond donors (Lipinski definition) is 0. The minimum Gasteiger partial charge on any atom is -0.444 e. The molecule has 0 N–H and O–H groups in total. The van der Waals surface area contributed by atoms with E-state index in [0.29, 0.717) is 13.2 Å². The van der Waals surface area contributed by atoms with Crippen LogP contribution in [0.25, 0.3) is 0 Å². The van der Waals surface area contributed by atoms with Gasteiger partial charge in [0.05, 0.1) is 19.3 Å². The van der Waals surface area contributed by atoms with Gasteiger partial charge in [-0.1, -0.05) is 6.07 Å². The minimum atomic E-state index is -0.469. The molecular formula is C17H26N2O3. The SMILES string of the molecule is Cc1ccc(CO[C@@H]2C[C@H](C)N(C(=O)OC(C)(C)C)C2)cn1. The van der Waals surface area contributed by atoms with Crippen molar-refractivity contribution in [1.29, 1.82) is 0 Å². The molecule has 1 fully saturated rings. The second-order valence-electron chi connectivity index (χ2n) is 6.96. The van der Waals surface area contributed by atoms with Gasteiger partial charge in [0.1, 0.15) is 5.60 Å². The maximum atomic E-state index is 12.2. The number of carbonyl (C=O) groups is 1. The van der Waals surface area contributed by atoms with Crippen LogP contribution in [0.5, 0.6) is 0 Å². The highest BCUT2D eigenvalue weighted by atomic mass is 16.6. The van der Waals surface area contributed by atoms with Crippen LogP contribution in [0.2, 0.25) is 0 Å². The first-order chi connectivity index (χ1) is 10.2. The van der Waals surface area contributed by atoms with Gasteiger partial charge in [-0.3, -0.25) is 4.98 Å². The molecule has 22 heavy (non-hydrogen) atoms. The average Bonchev–Trinajstić information content (AvgIpc) is 2.77. The number of likely N-dealkylation sites (tertiary alicyclic amines) is 1. The van der Waals surface area contributed by atoms with E-state index < -0.39 is 5.60 Å². The number of hydrogen-bond acceptors (Lipinski definition) is 4. The number of pyridine rings is 1. The molecule has 2 heterocycles. The summed E-state index contributed by atoms with van der Waals surface area (Å²) >= 11 is 0. The molecule has 1 aromatic heterocycles. The van der Waals surface area contributed by atoms with Crippen molar-refractivity contribution in [3.8, 4) is 0 Å². The second-order valence-corrected chi connectivity index (χ2v) is 6.96. The Labute approximate surface area is 132 Å². The molecule has 0 aliphatic carbocycles. The number of aromatic nitrogens is 1. The van der Waals surface area contributed by atoms with Crippen LogP contribution in [-0.4, -0.2) is 40.3 Å². The summed E-state index contributed by atoms with van der Waals surface area (Å²) in [6, 6.07) is 4.13. The van der Waals surface area contributed by atoms with Gasteiger partial charge in [-0.05, 0) is 52.7 Å². The van der Waals surface area contributed by atoms with Crippen LogP contribution < -0.4 is 0 Å². The molecule has 2 atom stereocenters. The van der Waals surface area contributed by atoms with E-state index in [1.165, 1.54) is 0 Å². The highest BCUT2D eigenvalue weighted by Crippen LogP contribution is 2.23. The highest BCUT2D eigenvalue weighted by molar-refractivity contribution is 5.69. The topological polar surface area (TPSA) is 51.7 Å². The van der Waals surface area contributed by atoms with Crippen molar-refractivity contribution in [2.24, 2.45) is 0 Å². The molecule has 1 aromatic rings. The first-order valence-electron chi connectivity index (χ1n) is 7.77. The maximum absolute atomic E-state index is 12.2. The molecule has 1 aliphatic rings. The Morgan fingerprint density at radius 1 is 1.41 bits per heavy atom. The van der Waals surface area contributed by atoms with E-state index in [1.54, 1.807) is 4.90 Å². The third-order valence-electron chi connectivity index (χ3n) is 3.62. The molecule has 0 saturated carbocycles. The number of amides is 1. The summed E-state index contributed by atoms with van der Waals surface area (Å²) in [5, 5.41) is 0. The summed E-state index contributed by atoms with van der Waals surface area (Å²) in [5.41, 5.74) is 1.58. The molecular weight excluding hydrogens is 280 g/mol. The second kappa shape index (κ2) is 6.65. The van der Waals surface area contributed by atoms with Crippen LogP contribution in [0.1, 0.15) is 45.4 Å². The van der Waals surface area contributed by atoms with Crippen LogP contribution in [0.15, 0.2) is 18.3 Å². The van der Waals surface area contributed by atoms with E-state index in [2.05, 4.69) is 4.98 Å². The van der Waals surface area contributed by atoms with Crippen LogP contribution >= 0.6 is 0 Å². The molecule has 1 amide bonds. The van der Waals surface area contributed by atoms with Crippen molar-refractivity contribution < 1.29 is 14.3 Å². The molecule has 1 aliphatic heterocycles. The van der Waals surface area contributed by atoms with Gasteiger partial charge in [-0.25, -0.2) is 4.79 Å². The van der Waals surface area contributed by atoms with E-state index in [9.17, 15) is 4.79 Å². The van der Waals surface area contributed by atoms with Gasteiger partial charge in [-0.2, -0.15) is 0 Å². The molecule has 0 aromatic carbocycles. The number of ether oxygens (including phenoxy) is 2. The Morgan fingerprint density at radius 3 is 2.73 bits per heavy atom. The number of nitrogens with zero attached hydrogens (tertiary/aromatic N) is 2. The fourth-order valence-electron chi connectivity index (χ4n) is 2.48. The van der Waals surface area contributed by atoms with E-state index in [-0.39, 0.29) is 18.2 Å².